The van der Waals surface area contributed by atoms with Crippen molar-refractivity contribution in [3.63, 3.8) is 0 Å². The van der Waals surface area contributed by atoms with E-state index in [1.165, 1.54) is 0 Å². The molecule has 0 aromatic heterocycles. The van der Waals surface area contributed by atoms with Crippen LogP contribution in [0.15, 0.2) is 0 Å². The van der Waals surface area contributed by atoms with Crippen LogP contribution in [0.25, 0.3) is 0 Å². The van der Waals surface area contributed by atoms with Crippen molar-refractivity contribution in [2.24, 2.45) is 11.7 Å². The molecule has 1 saturated carbocycles. The second kappa shape index (κ2) is 4.47. The molecule has 86 valence electrons. The lowest BCUT2D eigenvalue weighted by atomic mass is 9.85. The van der Waals surface area contributed by atoms with Crippen molar-refractivity contribution in [2.75, 3.05) is 19.9 Å². The van der Waals surface area contributed by atoms with Gasteiger partial charge in [-0.3, -0.25) is 10.5 Å². The van der Waals surface area contributed by atoms with Gasteiger partial charge >= 0.3 is 5.97 Å². The van der Waals surface area contributed by atoms with Gasteiger partial charge in [0.15, 0.2) is 5.79 Å². The Kier molecular flexibility index (Phi) is 3.23. The summed E-state index contributed by atoms with van der Waals surface area (Å²) in [5, 5.41) is 0. The van der Waals surface area contributed by atoms with Crippen LogP contribution in [-0.4, -0.2) is 31.7 Å². The number of carbonyl (C=O) groups is 1. The molecule has 2 N–H and O–H groups in total. The number of hydrogen-bond donors (Lipinski definition) is 1. The lowest BCUT2D eigenvalue weighted by molar-refractivity contribution is -0.187. The average Bonchev–Trinajstić information content (AvgIpc) is 2.68. The third-order valence-corrected chi connectivity index (χ3v) is 3.12. The number of rotatable bonds is 2. The summed E-state index contributed by atoms with van der Waals surface area (Å²) in [6, 6.07) is 0. The van der Waals surface area contributed by atoms with E-state index in [9.17, 15) is 4.79 Å². The Labute approximate surface area is 88.9 Å². The lowest BCUT2D eigenvalue weighted by Crippen LogP contribution is -2.37. The lowest BCUT2D eigenvalue weighted by Gasteiger charge is -2.34. The molecular formula is C10H17NO4. The summed E-state index contributed by atoms with van der Waals surface area (Å²) in [5.74, 6) is -0.628. The maximum Gasteiger partial charge on any atom is 0.310 e. The molecule has 0 atom stereocenters. The third kappa shape index (κ3) is 2.30. The molecule has 0 aromatic rings. The van der Waals surface area contributed by atoms with Gasteiger partial charge in [0.05, 0.1) is 19.1 Å². The fourth-order valence-electron chi connectivity index (χ4n) is 2.28. The van der Waals surface area contributed by atoms with Gasteiger partial charge in [0.25, 0.3) is 0 Å². The minimum absolute atomic E-state index is 0.0342. The molecule has 0 amide bonds. The van der Waals surface area contributed by atoms with E-state index in [0.29, 0.717) is 13.2 Å². The quantitative estimate of drug-likeness (QED) is 0.532. The molecule has 0 bridgehead atoms. The van der Waals surface area contributed by atoms with Gasteiger partial charge in [-0.05, 0) is 12.8 Å². The van der Waals surface area contributed by atoms with Gasteiger partial charge in [0.1, 0.15) is 6.73 Å². The number of carbonyl (C=O) groups excluding carboxylic acids is 1. The van der Waals surface area contributed by atoms with Gasteiger partial charge in [-0.25, -0.2) is 0 Å². The molecule has 1 heterocycles. The van der Waals surface area contributed by atoms with E-state index in [-0.39, 0.29) is 18.6 Å². The van der Waals surface area contributed by atoms with Crippen LogP contribution in [0.3, 0.4) is 0 Å². The molecule has 0 aromatic carbocycles. The Hall–Kier alpha value is -0.650. The number of hydrogen-bond acceptors (Lipinski definition) is 5. The number of nitrogens with two attached hydrogens (primary N) is 1. The molecule has 15 heavy (non-hydrogen) atoms. The summed E-state index contributed by atoms with van der Waals surface area (Å²) in [6.07, 6.45) is 3.08. The zero-order chi connectivity index (χ0) is 10.7. The molecule has 5 heteroatoms. The summed E-state index contributed by atoms with van der Waals surface area (Å²) >= 11 is 0. The highest BCUT2D eigenvalue weighted by Gasteiger charge is 2.42. The monoisotopic (exact) mass is 215 g/mol. The van der Waals surface area contributed by atoms with Crippen LogP contribution in [-0.2, 0) is 19.0 Å². The Balaban J connectivity index is 1.83. The van der Waals surface area contributed by atoms with E-state index in [4.69, 9.17) is 19.9 Å². The van der Waals surface area contributed by atoms with Crippen molar-refractivity contribution in [2.45, 2.75) is 31.5 Å². The normalized spacial score (nSPS) is 25.7. The molecule has 2 fully saturated rings. The highest BCUT2D eigenvalue weighted by atomic mass is 16.7. The van der Waals surface area contributed by atoms with Crippen LogP contribution in [0.2, 0.25) is 0 Å². The van der Waals surface area contributed by atoms with Gasteiger partial charge in [-0.2, -0.15) is 0 Å². The standard InChI is InChI=1S/C10H17NO4/c11-7-13-9(12)8-1-3-10(4-2-8)14-5-6-15-10/h8H,1-7,11H2. The highest BCUT2D eigenvalue weighted by Crippen LogP contribution is 2.38. The second-order valence-electron chi connectivity index (χ2n) is 4.01. The number of ether oxygens (including phenoxy) is 3. The predicted molar refractivity (Wildman–Crippen MR) is 51.7 cm³/mol. The van der Waals surface area contributed by atoms with E-state index in [0.717, 1.165) is 25.7 Å². The first-order valence-electron chi connectivity index (χ1n) is 5.40. The summed E-state index contributed by atoms with van der Waals surface area (Å²) in [6.45, 7) is 1.29. The smallest absolute Gasteiger partial charge is 0.310 e. The van der Waals surface area contributed by atoms with Crippen molar-refractivity contribution in [1.29, 1.82) is 0 Å². The molecule has 2 rings (SSSR count). The summed E-state index contributed by atoms with van der Waals surface area (Å²) in [5.41, 5.74) is 5.16. The first-order chi connectivity index (χ1) is 7.26. The Morgan fingerprint density at radius 1 is 1.33 bits per heavy atom. The summed E-state index contributed by atoms with van der Waals surface area (Å²) < 4.78 is 15.9. The van der Waals surface area contributed by atoms with Crippen molar-refractivity contribution in [3.8, 4) is 0 Å². The van der Waals surface area contributed by atoms with Gasteiger partial charge in [-0.15, -0.1) is 0 Å². The van der Waals surface area contributed by atoms with Crippen LogP contribution in [0.5, 0.6) is 0 Å². The first-order valence-corrected chi connectivity index (χ1v) is 5.40. The van der Waals surface area contributed by atoms with Crippen LogP contribution in [0.1, 0.15) is 25.7 Å². The molecular weight excluding hydrogens is 198 g/mol. The van der Waals surface area contributed by atoms with E-state index in [1.54, 1.807) is 0 Å². The topological polar surface area (TPSA) is 70.8 Å². The van der Waals surface area contributed by atoms with Crippen molar-refractivity contribution < 1.29 is 19.0 Å². The van der Waals surface area contributed by atoms with E-state index >= 15 is 0 Å². The van der Waals surface area contributed by atoms with Crippen molar-refractivity contribution >= 4 is 5.97 Å². The zero-order valence-corrected chi connectivity index (χ0v) is 8.74. The molecule has 1 aliphatic carbocycles. The maximum atomic E-state index is 11.4. The van der Waals surface area contributed by atoms with E-state index < -0.39 is 5.79 Å². The summed E-state index contributed by atoms with van der Waals surface area (Å²) in [4.78, 5) is 11.4. The van der Waals surface area contributed by atoms with E-state index in [1.807, 2.05) is 0 Å². The average molecular weight is 215 g/mol. The van der Waals surface area contributed by atoms with Crippen LogP contribution >= 0.6 is 0 Å². The zero-order valence-electron chi connectivity index (χ0n) is 8.74. The number of esters is 1. The van der Waals surface area contributed by atoms with Crippen LogP contribution in [0, 0.1) is 5.92 Å². The Bertz CT molecular complexity index is 228. The minimum Gasteiger partial charge on any atom is -0.450 e. The molecule has 0 radical (unpaired) electrons. The van der Waals surface area contributed by atoms with Gasteiger partial charge in [0.2, 0.25) is 0 Å². The fraction of sp³-hybridized carbons (Fsp3) is 0.900. The van der Waals surface area contributed by atoms with Gasteiger partial charge in [-0.1, -0.05) is 0 Å². The highest BCUT2D eigenvalue weighted by molar-refractivity contribution is 5.72. The maximum absolute atomic E-state index is 11.4. The first kappa shape index (κ1) is 10.9. The molecule has 2 aliphatic rings. The van der Waals surface area contributed by atoms with E-state index in [2.05, 4.69) is 0 Å². The third-order valence-electron chi connectivity index (χ3n) is 3.12. The molecule has 1 spiro atoms. The van der Waals surface area contributed by atoms with Crippen LogP contribution < -0.4 is 5.73 Å². The van der Waals surface area contributed by atoms with Crippen LogP contribution in [0.4, 0.5) is 0 Å². The fourth-order valence-corrected chi connectivity index (χ4v) is 2.28. The molecule has 1 aliphatic heterocycles. The SMILES string of the molecule is NCOC(=O)C1CCC2(CC1)OCCO2. The molecule has 0 unspecified atom stereocenters. The largest absolute Gasteiger partial charge is 0.450 e. The Morgan fingerprint density at radius 3 is 2.47 bits per heavy atom. The minimum atomic E-state index is -0.403. The summed E-state index contributed by atoms with van der Waals surface area (Å²) in [7, 11) is 0. The molecule has 5 nitrogen and oxygen atoms in total. The van der Waals surface area contributed by atoms with Gasteiger partial charge < -0.3 is 14.2 Å². The molecule has 1 saturated heterocycles. The van der Waals surface area contributed by atoms with Gasteiger partial charge in [0, 0.05) is 12.8 Å². The second-order valence-corrected chi connectivity index (χ2v) is 4.01. The van der Waals surface area contributed by atoms with Crippen molar-refractivity contribution in [1.82, 2.24) is 0 Å². The van der Waals surface area contributed by atoms with Crippen molar-refractivity contribution in [3.05, 3.63) is 0 Å². The Morgan fingerprint density at radius 2 is 1.93 bits per heavy atom. The predicted octanol–water partition coefficient (Wildman–Crippen LogP) is 0.379.